The minimum atomic E-state index is -0.903. The minimum Gasteiger partial charge on any atom is -0.494 e. The van der Waals surface area contributed by atoms with Crippen molar-refractivity contribution in [2.45, 2.75) is 78.1 Å². The first-order valence-corrected chi connectivity index (χ1v) is 14.2. The molecule has 1 heterocycles. The zero-order valence-corrected chi connectivity index (χ0v) is 24.0. The number of pyridine rings is 1. The van der Waals surface area contributed by atoms with Crippen molar-refractivity contribution in [2.24, 2.45) is 0 Å². The van der Waals surface area contributed by atoms with Crippen LogP contribution in [0.4, 0.5) is 10.5 Å². The van der Waals surface area contributed by atoms with E-state index in [1.54, 1.807) is 12.1 Å². The molecule has 0 atom stereocenters. The molecule has 40 heavy (non-hydrogen) atoms. The van der Waals surface area contributed by atoms with E-state index in [-0.39, 0.29) is 23.7 Å². The van der Waals surface area contributed by atoms with Crippen LogP contribution >= 0.6 is 0 Å². The predicted octanol–water partition coefficient (Wildman–Crippen LogP) is 6.29. The summed E-state index contributed by atoms with van der Waals surface area (Å²) in [6.07, 6.45) is 12.0. The lowest BCUT2D eigenvalue weighted by Gasteiger charge is -2.11. The molecular formula is C30H43N3O7. The number of carbonyl (C=O) groups excluding carboxylic acids is 3. The first-order chi connectivity index (χ1) is 19.5. The summed E-state index contributed by atoms with van der Waals surface area (Å²) in [6, 6.07) is 8.56. The van der Waals surface area contributed by atoms with E-state index in [1.807, 2.05) is 19.1 Å². The highest BCUT2D eigenvalue weighted by atomic mass is 16.6. The summed E-state index contributed by atoms with van der Waals surface area (Å²) in [5.74, 6) is -0.296. The van der Waals surface area contributed by atoms with Gasteiger partial charge in [-0.1, -0.05) is 65.2 Å². The number of aromatic nitrogens is 1. The second-order valence-electron chi connectivity index (χ2n) is 9.35. The van der Waals surface area contributed by atoms with Crippen molar-refractivity contribution in [1.82, 2.24) is 10.3 Å². The Hall–Kier alpha value is -3.82. The van der Waals surface area contributed by atoms with E-state index in [0.717, 1.165) is 25.0 Å². The van der Waals surface area contributed by atoms with Crippen LogP contribution in [0.1, 0.15) is 88.4 Å². The first kappa shape index (κ1) is 32.4. The highest BCUT2D eigenvalue weighted by Crippen LogP contribution is 2.26. The number of methoxy groups -OCH3 is 1. The number of benzene rings is 1. The highest BCUT2D eigenvalue weighted by molar-refractivity contribution is 6.04. The molecule has 2 amide bonds. The highest BCUT2D eigenvalue weighted by Gasteiger charge is 2.16. The third kappa shape index (κ3) is 12.8. The molecule has 1 aromatic carbocycles. The average molecular weight is 558 g/mol. The van der Waals surface area contributed by atoms with Crippen molar-refractivity contribution in [1.29, 1.82) is 0 Å². The smallest absolute Gasteiger partial charge is 0.414 e. The Bertz CT molecular complexity index is 1040. The molecular weight excluding hydrogens is 514 g/mol. The van der Waals surface area contributed by atoms with Crippen molar-refractivity contribution >= 4 is 23.7 Å². The van der Waals surface area contributed by atoms with Gasteiger partial charge in [-0.3, -0.25) is 9.59 Å². The summed E-state index contributed by atoms with van der Waals surface area (Å²) in [4.78, 5) is 40.4. The summed E-state index contributed by atoms with van der Waals surface area (Å²) in [7, 11) is 1.36. The molecule has 0 saturated heterocycles. The summed E-state index contributed by atoms with van der Waals surface area (Å²) in [5, 5.41) is 5.09. The van der Waals surface area contributed by atoms with Crippen molar-refractivity contribution in [2.75, 3.05) is 32.2 Å². The molecule has 0 aliphatic heterocycles. The van der Waals surface area contributed by atoms with Crippen LogP contribution in [0, 0.1) is 0 Å². The molecule has 0 aliphatic rings. The van der Waals surface area contributed by atoms with Crippen LogP contribution in [0.3, 0.4) is 0 Å². The molecule has 2 rings (SSSR count). The van der Waals surface area contributed by atoms with E-state index in [9.17, 15) is 14.4 Å². The van der Waals surface area contributed by atoms with Crippen LogP contribution in [0.25, 0.3) is 0 Å². The van der Waals surface area contributed by atoms with Crippen molar-refractivity contribution in [3.8, 4) is 17.4 Å². The van der Waals surface area contributed by atoms with Gasteiger partial charge in [0.2, 0.25) is 0 Å². The van der Waals surface area contributed by atoms with Gasteiger partial charge in [-0.25, -0.2) is 9.78 Å². The molecule has 2 aromatic rings. The fourth-order valence-corrected chi connectivity index (χ4v) is 3.69. The standard InChI is InChI=1S/C30H43N3O7/c1-4-6-8-9-10-11-12-13-19-38-25-16-14-24(15-17-25)33-28(35)23-20-26(37-3)29(31-21-23)40-30(36)32-22-27(34)39-18-7-5-2/h14-17,20-21H,4-13,18-19,22H2,1-3H3,(H,32,36)(H,33,35). The van der Waals surface area contributed by atoms with Crippen molar-refractivity contribution in [3.63, 3.8) is 0 Å². The molecule has 0 unspecified atom stereocenters. The maximum Gasteiger partial charge on any atom is 0.414 e. The average Bonchev–Trinajstić information content (AvgIpc) is 2.96. The normalized spacial score (nSPS) is 10.5. The van der Waals surface area contributed by atoms with E-state index < -0.39 is 18.0 Å². The fraction of sp³-hybridized carbons (Fsp3) is 0.533. The van der Waals surface area contributed by atoms with Gasteiger partial charge in [0, 0.05) is 18.0 Å². The molecule has 0 aliphatic carbocycles. The number of amides is 2. The molecule has 0 spiro atoms. The number of hydrogen-bond acceptors (Lipinski definition) is 8. The topological polar surface area (TPSA) is 125 Å². The third-order valence-corrected chi connectivity index (χ3v) is 6.01. The molecule has 10 nitrogen and oxygen atoms in total. The summed E-state index contributed by atoms with van der Waals surface area (Å²) in [6.45, 7) is 4.83. The number of ether oxygens (including phenoxy) is 4. The quantitative estimate of drug-likeness (QED) is 0.152. The maximum absolute atomic E-state index is 12.7. The van der Waals surface area contributed by atoms with Crippen molar-refractivity contribution in [3.05, 3.63) is 42.1 Å². The van der Waals surface area contributed by atoms with Crippen LogP contribution in [-0.4, -0.2) is 49.8 Å². The maximum atomic E-state index is 12.7. The molecule has 0 fully saturated rings. The SMILES string of the molecule is CCCCCCCCCCOc1ccc(NC(=O)c2cnc(OC(=O)NCC(=O)OCCCC)c(OC)c2)cc1. The lowest BCUT2D eigenvalue weighted by Crippen LogP contribution is -2.33. The lowest BCUT2D eigenvalue weighted by atomic mass is 10.1. The van der Waals surface area contributed by atoms with Gasteiger partial charge >= 0.3 is 12.1 Å². The Kier molecular flexibility index (Phi) is 15.6. The van der Waals surface area contributed by atoms with Gasteiger partial charge in [0.1, 0.15) is 12.3 Å². The largest absolute Gasteiger partial charge is 0.494 e. The lowest BCUT2D eigenvalue weighted by molar-refractivity contribution is -0.142. The van der Waals surface area contributed by atoms with E-state index in [2.05, 4.69) is 22.5 Å². The number of anilines is 1. The molecule has 0 bridgehead atoms. The van der Waals surface area contributed by atoms with E-state index in [0.29, 0.717) is 18.9 Å². The molecule has 220 valence electrons. The zero-order chi connectivity index (χ0) is 29.0. The molecule has 0 radical (unpaired) electrons. The number of nitrogens with one attached hydrogen (secondary N) is 2. The Labute approximate surface area is 237 Å². The summed E-state index contributed by atoms with van der Waals surface area (Å²) >= 11 is 0. The Morgan fingerprint density at radius 3 is 2.20 bits per heavy atom. The summed E-state index contributed by atoms with van der Waals surface area (Å²) < 4.78 is 21.1. The van der Waals surface area contributed by atoms with Crippen LogP contribution in [0.15, 0.2) is 36.5 Å². The van der Waals surface area contributed by atoms with Gasteiger partial charge in [-0.2, -0.15) is 0 Å². The van der Waals surface area contributed by atoms with Gasteiger partial charge in [0.15, 0.2) is 5.75 Å². The first-order valence-electron chi connectivity index (χ1n) is 14.2. The Morgan fingerprint density at radius 2 is 1.52 bits per heavy atom. The predicted molar refractivity (Wildman–Crippen MR) is 153 cm³/mol. The van der Waals surface area contributed by atoms with Gasteiger partial charge < -0.3 is 29.6 Å². The number of unbranched alkanes of at least 4 members (excludes halogenated alkanes) is 8. The molecule has 0 saturated carbocycles. The number of rotatable bonds is 19. The van der Waals surface area contributed by atoms with Gasteiger partial charge in [0.05, 0.1) is 25.9 Å². The molecule has 10 heteroatoms. The van der Waals surface area contributed by atoms with Crippen LogP contribution in [-0.2, 0) is 9.53 Å². The van der Waals surface area contributed by atoms with E-state index in [1.165, 1.54) is 64.3 Å². The third-order valence-electron chi connectivity index (χ3n) is 6.01. The zero-order valence-electron chi connectivity index (χ0n) is 24.0. The van der Waals surface area contributed by atoms with E-state index >= 15 is 0 Å². The monoisotopic (exact) mass is 557 g/mol. The second kappa shape index (κ2) is 19.3. The van der Waals surface area contributed by atoms with Crippen LogP contribution in [0.2, 0.25) is 0 Å². The number of carbonyl (C=O) groups is 3. The van der Waals surface area contributed by atoms with Crippen molar-refractivity contribution < 1.29 is 33.3 Å². The van der Waals surface area contributed by atoms with E-state index in [4.69, 9.17) is 18.9 Å². The van der Waals surface area contributed by atoms with Gasteiger partial charge in [-0.15, -0.1) is 0 Å². The Morgan fingerprint density at radius 1 is 0.850 bits per heavy atom. The van der Waals surface area contributed by atoms with Gasteiger partial charge in [0.25, 0.3) is 11.8 Å². The van der Waals surface area contributed by atoms with Gasteiger partial charge in [-0.05, 0) is 37.1 Å². The number of hydrogen-bond donors (Lipinski definition) is 2. The number of nitrogens with zero attached hydrogens (tertiary/aromatic N) is 1. The number of esters is 1. The molecule has 2 N–H and O–H groups in total. The minimum absolute atomic E-state index is 0.0815. The van der Waals surface area contributed by atoms with Crippen LogP contribution in [0.5, 0.6) is 17.4 Å². The second-order valence-corrected chi connectivity index (χ2v) is 9.35. The Balaban J connectivity index is 1.77. The molecule has 1 aromatic heterocycles. The summed E-state index contributed by atoms with van der Waals surface area (Å²) in [5.41, 5.74) is 0.799. The fourth-order valence-electron chi connectivity index (χ4n) is 3.69. The van der Waals surface area contributed by atoms with Crippen LogP contribution < -0.4 is 24.8 Å².